The van der Waals surface area contributed by atoms with Gasteiger partial charge in [0, 0.05) is 5.56 Å². The summed E-state index contributed by atoms with van der Waals surface area (Å²) in [5.74, 6) is 0.730. The van der Waals surface area contributed by atoms with Gasteiger partial charge in [-0.2, -0.15) is 0 Å². The Labute approximate surface area is 118 Å². The van der Waals surface area contributed by atoms with Gasteiger partial charge in [0.1, 0.15) is 0 Å². The van der Waals surface area contributed by atoms with Gasteiger partial charge in [-0.3, -0.25) is 4.79 Å². The number of hydrogen-bond donors (Lipinski definition) is 0. The number of carbonyl (C=O) groups is 1. The molecule has 0 saturated carbocycles. The summed E-state index contributed by atoms with van der Waals surface area (Å²) in [6, 6.07) is 10.3. The molecule has 98 valence electrons. The van der Waals surface area contributed by atoms with Crippen molar-refractivity contribution in [1.29, 1.82) is 0 Å². The van der Waals surface area contributed by atoms with Gasteiger partial charge in [0.2, 0.25) is 5.78 Å². The lowest BCUT2D eigenvalue weighted by Gasteiger charge is -2.15. The number of ketones is 1. The van der Waals surface area contributed by atoms with Crippen LogP contribution in [0.25, 0.3) is 0 Å². The zero-order valence-electron chi connectivity index (χ0n) is 11.2. The minimum Gasteiger partial charge on any atom is -0.288 e. The first-order valence-corrected chi connectivity index (χ1v) is 7.89. The highest BCUT2D eigenvalue weighted by atomic mass is 32.1. The number of fused-ring (bicyclic) bond motifs is 2. The topological polar surface area (TPSA) is 17.1 Å². The molecule has 0 N–H and O–H groups in total. The van der Waals surface area contributed by atoms with Crippen molar-refractivity contribution in [2.45, 2.75) is 38.5 Å². The van der Waals surface area contributed by atoms with E-state index in [1.807, 2.05) is 18.2 Å². The quantitative estimate of drug-likeness (QED) is 0.782. The molecule has 0 aliphatic heterocycles. The number of benzene rings is 1. The molecule has 1 unspecified atom stereocenters. The summed E-state index contributed by atoms with van der Waals surface area (Å²) in [4.78, 5) is 13.6. The number of hydrogen-bond acceptors (Lipinski definition) is 2. The van der Waals surface area contributed by atoms with Crippen LogP contribution in [-0.4, -0.2) is 5.78 Å². The molecule has 1 aromatic heterocycles. The first kappa shape index (κ1) is 12.6. The predicted molar refractivity (Wildman–Crippen MR) is 80.2 cm³/mol. The summed E-state index contributed by atoms with van der Waals surface area (Å²) in [6.45, 7) is 2.23. The molecule has 2 heteroatoms. The maximum atomic E-state index is 12.6. The summed E-state index contributed by atoms with van der Waals surface area (Å²) in [5.41, 5.74) is 3.40. The number of unbranched alkanes of at least 4 members (excludes halogenated alkanes) is 1. The van der Waals surface area contributed by atoms with E-state index in [1.54, 1.807) is 11.3 Å². The fourth-order valence-electron chi connectivity index (χ4n) is 2.95. The molecule has 2 aromatic rings. The van der Waals surface area contributed by atoms with E-state index in [1.165, 1.54) is 30.4 Å². The molecule has 0 bridgehead atoms. The molecule has 0 spiro atoms. The van der Waals surface area contributed by atoms with E-state index in [0.29, 0.717) is 5.92 Å². The van der Waals surface area contributed by atoms with Crippen LogP contribution in [-0.2, 0) is 6.42 Å². The van der Waals surface area contributed by atoms with Crippen molar-refractivity contribution < 1.29 is 4.79 Å². The van der Waals surface area contributed by atoms with Crippen LogP contribution in [0.5, 0.6) is 0 Å². The average molecular weight is 270 g/mol. The molecular weight excluding hydrogens is 252 g/mol. The van der Waals surface area contributed by atoms with E-state index in [9.17, 15) is 4.79 Å². The molecule has 1 atom stereocenters. The summed E-state index contributed by atoms with van der Waals surface area (Å²) in [7, 11) is 0. The molecule has 0 fully saturated rings. The molecule has 1 aromatic carbocycles. The molecule has 1 nitrogen and oxygen atoms in total. The van der Waals surface area contributed by atoms with Gasteiger partial charge in [-0.1, -0.05) is 44.0 Å². The van der Waals surface area contributed by atoms with Crippen molar-refractivity contribution in [1.82, 2.24) is 0 Å². The van der Waals surface area contributed by atoms with Gasteiger partial charge in [0.25, 0.3) is 0 Å². The van der Waals surface area contributed by atoms with Crippen molar-refractivity contribution in [3.63, 3.8) is 0 Å². The largest absolute Gasteiger partial charge is 0.288 e. The average Bonchev–Trinajstić information content (AvgIpc) is 2.88. The normalized spacial score (nSPS) is 17.7. The third kappa shape index (κ3) is 2.25. The van der Waals surface area contributed by atoms with Gasteiger partial charge >= 0.3 is 0 Å². The zero-order chi connectivity index (χ0) is 13.2. The monoisotopic (exact) mass is 270 g/mol. The van der Waals surface area contributed by atoms with Gasteiger partial charge in [0.05, 0.1) is 4.88 Å². The predicted octanol–water partition coefficient (Wildman–Crippen LogP) is 4.81. The Balaban J connectivity index is 2.07. The fourth-order valence-corrected chi connectivity index (χ4v) is 3.89. The minimum absolute atomic E-state index is 0.222. The Morgan fingerprint density at radius 3 is 2.95 bits per heavy atom. The molecule has 1 heterocycles. The van der Waals surface area contributed by atoms with E-state index >= 15 is 0 Å². The summed E-state index contributed by atoms with van der Waals surface area (Å²) >= 11 is 1.60. The molecule has 19 heavy (non-hydrogen) atoms. The van der Waals surface area contributed by atoms with E-state index in [4.69, 9.17) is 0 Å². The van der Waals surface area contributed by atoms with Crippen LogP contribution in [0.15, 0.2) is 35.7 Å². The molecule has 0 amide bonds. The molecule has 1 aliphatic carbocycles. The molecular formula is C17H18OS. The number of carbonyl (C=O) groups excluding carboxylic acids is 1. The molecule has 0 saturated heterocycles. The second-order valence-electron chi connectivity index (χ2n) is 5.23. The maximum Gasteiger partial charge on any atom is 0.203 e. The van der Waals surface area contributed by atoms with Crippen LogP contribution >= 0.6 is 11.3 Å². The SMILES string of the molecule is CCCCC1Cc2ccccc2C(=O)c2sccc21. The van der Waals surface area contributed by atoms with Crippen molar-refractivity contribution in [2.75, 3.05) is 0 Å². The zero-order valence-corrected chi connectivity index (χ0v) is 12.0. The summed E-state index contributed by atoms with van der Waals surface area (Å²) in [6.07, 6.45) is 4.63. The number of thiophene rings is 1. The van der Waals surface area contributed by atoms with Crippen LogP contribution < -0.4 is 0 Å². The Bertz CT molecular complexity index is 597. The van der Waals surface area contributed by atoms with Crippen molar-refractivity contribution >= 4 is 17.1 Å². The first-order chi connectivity index (χ1) is 9.31. The second-order valence-corrected chi connectivity index (χ2v) is 6.15. The van der Waals surface area contributed by atoms with Crippen molar-refractivity contribution in [3.8, 4) is 0 Å². The Kier molecular flexibility index (Phi) is 3.52. The van der Waals surface area contributed by atoms with Crippen molar-refractivity contribution in [3.05, 3.63) is 57.3 Å². The Morgan fingerprint density at radius 2 is 2.11 bits per heavy atom. The summed E-state index contributed by atoms with van der Waals surface area (Å²) in [5, 5.41) is 2.06. The second kappa shape index (κ2) is 5.30. The highest BCUT2D eigenvalue weighted by molar-refractivity contribution is 7.12. The Morgan fingerprint density at radius 1 is 1.26 bits per heavy atom. The van der Waals surface area contributed by atoms with Crippen LogP contribution in [0.1, 0.15) is 58.5 Å². The maximum absolute atomic E-state index is 12.6. The van der Waals surface area contributed by atoms with Gasteiger partial charge < -0.3 is 0 Å². The molecule has 3 rings (SSSR count). The van der Waals surface area contributed by atoms with Crippen molar-refractivity contribution in [2.24, 2.45) is 0 Å². The van der Waals surface area contributed by atoms with E-state index in [0.717, 1.165) is 16.9 Å². The molecule has 1 aliphatic rings. The Hall–Kier alpha value is -1.41. The highest BCUT2D eigenvalue weighted by Crippen LogP contribution is 2.37. The van der Waals surface area contributed by atoms with Crippen LogP contribution in [0.3, 0.4) is 0 Å². The smallest absolute Gasteiger partial charge is 0.203 e. The standard InChI is InChI=1S/C17H18OS/c1-2-3-6-13-11-12-7-4-5-8-14(12)16(18)17-15(13)9-10-19-17/h4-5,7-10,13H,2-3,6,11H2,1H3. The molecule has 0 radical (unpaired) electrons. The first-order valence-electron chi connectivity index (χ1n) is 7.01. The van der Waals surface area contributed by atoms with Gasteiger partial charge in [0.15, 0.2) is 0 Å². The van der Waals surface area contributed by atoms with Gasteiger partial charge in [-0.25, -0.2) is 0 Å². The van der Waals surface area contributed by atoms with Gasteiger partial charge in [-0.05, 0) is 41.3 Å². The van der Waals surface area contributed by atoms with Crippen LogP contribution in [0.4, 0.5) is 0 Å². The summed E-state index contributed by atoms with van der Waals surface area (Å²) < 4.78 is 0. The third-order valence-corrected chi connectivity index (χ3v) is 4.91. The lowest BCUT2D eigenvalue weighted by Crippen LogP contribution is -2.02. The highest BCUT2D eigenvalue weighted by Gasteiger charge is 2.27. The fraction of sp³-hybridized carbons (Fsp3) is 0.353. The van der Waals surface area contributed by atoms with Gasteiger partial charge in [-0.15, -0.1) is 11.3 Å². The number of rotatable bonds is 3. The lowest BCUT2D eigenvalue weighted by atomic mass is 9.89. The lowest BCUT2D eigenvalue weighted by molar-refractivity contribution is 0.104. The van der Waals surface area contributed by atoms with E-state index in [2.05, 4.69) is 24.4 Å². The van der Waals surface area contributed by atoms with E-state index < -0.39 is 0 Å². The van der Waals surface area contributed by atoms with Crippen LogP contribution in [0.2, 0.25) is 0 Å². The minimum atomic E-state index is 0.222. The van der Waals surface area contributed by atoms with E-state index in [-0.39, 0.29) is 5.78 Å². The third-order valence-electron chi connectivity index (χ3n) is 3.98. The van der Waals surface area contributed by atoms with Crippen LogP contribution in [0, 0.1) is 0 Å².